The number of carbonyl (C=O) groups excluding carboxylic acids is 1. The summed E-state index contributed by atoms with van der Waals surface area (Å²) in [6, 6.07) is 3.77. The molecular formula is C12H15FN2O3S2. The van der Waals surface area contributed by atoms with Crippen LogP contribution >= 0.6 is 11.8 Å². The van der Waals surface area contributed by atoms with Gasteiger partial charge in [-0.1, -0.05) is 0 Å². The van der Waals surface area contributed by atoms with Gasteiger partial charge in [-0.3, -0.25) is 4.79 Å². The van der Waals surface area contributed by atoms with Gasteiger partial charge in [0, 0.05) is 16.6 Å². The van der Waals surface area contributed by atoms with Crippen molar-refractivity contribution in [2.75, 3.05) is 23.0 Å². The van der Waals surface area contributed by atoms with E-state index in [0.717, 1.165) is 11.8 Å². The summed E-state index contributed by atoms with van der Waals surface area (Å²) in [5, 5.41) is 2.67. The van der Waals surface area contributed by atoms with Gasteiger partial charge in [-0.15, -0.1) is 11.8 Å². The fraction of sp³-hybridized carbons (Fsp3) is 0.417. The van der Waals surface area contributed by atoms with Gasteiger partial charge in [0.1, 0.15) is 5.82 Å². The number of anilines is 1. The number of nitrogens with two attached hydrogens (primary N) is 1. The molecule has 0 bridgehead atoms. The molecule has 1 heterocycles. The predicted molar refractivity (Wildman–Crippen MR) is 76.7 cm³/mol. The van der Waals surface area contributed by atoms with Crippen molar-refractivity contribution in [2.45, 2.75) is 17.4 Å². The van der Waals surface area contributed by atoms with Gasteiger partial charge in [-0.05, 0) is 24.6 Å². The number of nitrogen functional groups attached to an aromatic ring is 1. The molecule has 0 aliphatic carbocycles. The number of hydrogen-bond acceptors (Lipinski definition) is 5. The van der Waals surface area contributed by atoms with Gasteiger partial charge in [0.15, 0.2) is 9.84 Å². The molecule has 1 fully saturated rings. The number of benzene rings is 1. The molecule has 1 aliphatic heterocycles. The summed E-state index contributed by atoms with van der Waals surface area (Å²) >= 11 is 1.16. The number of rotatable bonds is 4. The lowest BCUT2D eigenvalue weighted by Crippen LogP contribution is -2.36. The number of hydrogen-bond donors (Lipinski definition) is 2. The summed E-state index contributed by atoms with van der Waals surface area (Å²) in [6.45, 7) is 0. The van der Waals surface area contributed by atoms with Crippen LogP contribution in [0.5, 0.6) is 0 Å². The van der Waals surface area contributed by atoms with Crippen LogP contribution in [-0.2, 0) is 14.6 Å². The third kappa shape index (κ3) is 4.38. The fourth-order valence-electron chi connectivity index (χ4n) is 1.99. The molecule has 1 unspecified atom stereocenters. The lowest BCUT2D eigenvalue weighted by Gasteiger charge is -2.10. The number of amides is 1. The van der Waals surface area contributed by atoms with E-state index < -0.39 is 15.7 Å². The molecular weight excluding hydrogens is 303 g/mol. The molecule has 1 aliphatic rings. The highest BCUT2D eigenvalue weighted by molar-refractivity contribution is 8.00. The van der Waals surface area contributed by atoms with E-state index >= 15 is 0 Å². The van der Waals surface area contributed by atoms with Gasteiger partial charge in [-0.2, -0.15) is 0 Å². The summed E-state index contributed by atoms with van der Waals surface area (Å²) in [6.07, 6.45) is 0.450. The van der Waals surface area contributed by atoms with Crippen LogP contribution in [0.15, 0.2) is 23.1 Å². The normalized spacial score (nSPS) is 20.8. The Kier molecular flexibility index (Phi) is 4.54. The SMILES string of the molecule is Nc1cc(F)cc(SCC(=O)NC2CCS(=O)(=O)C2)c1. The van der Waals surface area contributed by atoms with E-state index in [1.807, 2.05) is 0 Å². The molecule has 5 nitrogen and oxygen atoms in total. The number of thioether (sulfide) groups is 1. The van der Waals surface area contributed by atoms with Crippen molar-refractivity contribution in [3.8, 4) is 0 Å². The Balaban J connectivity index is 1.83. The van der Waals surface area contributed by atoms with Gasteiger partial charge in [0.2, 0.25) is 5.91 Å². The van der Waals surface area contributed by atoms with E-state index in [1.165, 1.54) is 12.1 Å². The number of nitrogens with one attached hydrogen (secondary N) is 1. The number of sulfone groups is 1. The van der Waals surface area contributed by atoms with Crippen LogP contribution in [-0.4, -0.2) is 37.6 Å². The highest BCUT2D eigenvalue weighted by atomic mass is 32.2. The van der Waals surface area contributed by atoms with Crippen molar-refractivity contribution < 1.29 is 17.6 Å². The first kappa shape index (κ1) is 15.1. The second-order valence-electron chi connectivity index (χ2n) is 4.68. The molecule has 1 aromatic rings. The van der Waals surface area contributed by atoms with Gasteiger partial charge in [0.25, 0.3) is 0 Å². The monoisotopic (exact) mass is 318 g/mol. The Bertz CT molecular complexity index is 599. The van der Waals surface area contributed by atoms with Crippen LogP contribution in [0.25, 0.3) is 0 Å². The Morgan fingerprint density at radius 2 is 2.20 bits per heavy atom. The quantitative estimate of drug-likeness (QED) is 0.633. The first-order chi connectivity index (χ1) is 9.34. The van der Waals surface area contributed by atoms with E-state index in [4.69, 9.17) is 5.73 Å². The molecule has 0 spiro atoms. The van der Waals surface area contributed by atoms with Crippen molar-refractivity contribution in [3.05, 3.63) is 24.0 Å². The van der Waals surface area contributed by atoms with Gasteiger partial charge < -0.3 is 11.1 Å². The van der Waals surface area contributed by atoms with E-state index in [9.17, 15) is 17.6 Å². The Hall–Kier alpha value is -1.28. The molecule has 1 aromatic carbocycles. The van der Waals surface area contributed by atoms with Crippen LogP contribution in [0.1, 0.15) is 6.42 Å². The van der Waals surface area contributed by atoms with E-state index in [2.05, 4.69) is 5.32 Å². The summed E-state index contributed by atoms with van der Waals surface area (Å²) in [7, 11) is -3.01. The van der Waals surface area contributed by atoms with Crippen molar-refractivity contribution in [3.63, 3.8) is 0 Å². The maximum absolute atomic E-state index is 13.1. The average Bonchev–Trinajstić information content (AvgIpc) is 2.65. The van der Waals surface area contributed by atoms with Crippen molar-refractivity contribution in [1.29, 1.82) is 0 Å². The van der Waals surface area contributed by atoms with Crippen LogP contribution in [0.3, 0.4) is 0 Å². The molecule has 20 heavy (non-hydrogen) atoms. The van der Waals surface area contributed by atoms with E-state index in [-0.39, 0.29) is 29.2 Å². The lowest BCUT2D eigenvalue weighted by molar-refractivity contribution is -0.119. The molecule has 8 heteroatoms. The minimum absolute atomic E-state index is 0.00365. The second-order valence-corrected chi connectivity index (χ2v) is 7.95. The minimum Gasteiger partial charge on any atom is -0.399 e. The zero-order chi connectivity index (χ0) is 14.8. The molecule has 0 radical (unpaired) electrons. The zero-order valence-corrected chi connectivity index (χ0v) is 12.3. The smallest absolute Gasteiger partial charge is 0.230 e. The van der Waals surface area contributed by atoms with Crippen molar-refractivity contribution in [2.24, 2.45) is 0 Å². The molecule has 110 valence electrons. The summed E-state index contributed by atoms with van der Waals surface area (Å²) in [5.74, 6) is -0.504. The Morgan fingerprint density at radius 1 is 1.45 bits per heavy atom. The standard InChI is InChI=1S/C12H15FN2O3S2/c13-8-3-9(14)5-11(4-8)19-6-12(16)15-10-1-2-20(17,18)7-10/h3-5,10H,1-2,6-7,14H2,(H,15,16). The maximum Gasteiger partial charge on any atom is 0.230 e. The van der Waals surface area contributed by atoms with Crippen molar-refractivity contribution >= 4 is 33.2 Å². The van der Waals surface area contributed by atoms with Crippen molar-refractivity contribution in [1.82, 2.24) is 5.32 Å². The topological polar surface area (TPSA) is 89.3 Å². The molecule has 2 rings (SSSR count). The highest BCUT2D eigenvalue weighted by Gasteiger charge is 2.28. The van der Waals surface area contributed by atoms with Crippen LogP contribution in [0, 0.1) is 5.82 Å². The predicted octanol–water partition coefficient (Wildman–Crippen LogP) is 0.803. The molecule has 1 amide bonds. The van der Waals surface area contributed by atoms with Gasteiger partial charge in [-0.25, -0.2) is 12.8 Å². The largest absolute Gasteiger partial charge is 0.399 e. The number of carbonyl (C=O) groups is 1. The Morgan fingerprint density at radius 3 is 2.80 bits per heavy atom. The summed E-state index contributed by atoms with van der Waals surface area (Å²) < 4.78 is 35.6. The molecule has 0 saturated carbocycles. The first-order valence-electron chi connectivity index (χ1n) is 6.03. The highest BCUT2D eigenvalue weighted by Crippen LogP contribution is 2.22. The fourth-order valence-corrected chi connectivity index (χ4v) is 4.46. The lowest BCUT2D eigenvalue weighted by atomic mass is 10.3. The van der Waals surface area contributed by atoms with Crippen LogP contribution in [0.2, 0.25) is 0 Å². The van der Waals surface area contributed by atoms with Gasteiger partial charge in [0.05, 0.1) is 17.3 Å². The summed E-state index contributed by atoms with van der Waals surface area (Å²) in [5.41, 5.74) is 5.81. The Labute approximate surface area is 121 Å². The third-order valence-electron chi connectivity index (χ3n) is 2.86. The molecule has 0 aromatic heterocycles. The second kappa shape index (κ2) is 6.01. The molecule has 3 N–H and O–H groups in total. The number of halogens is 1. The minimum atomic E-state index is -3.01. The zero-order valence-electron chi connectivity index (χ0n) is 10.6. The summed E-state index contributed by atoms with van der Waals surface area (Å²) in [4.78, 5) is 12.3. The van der Waals surface area contributed by atoms with Gasteiger partial charge >= 0.3 is 0 Å². The average molecular weight is 318 g/mol. The molecule has 1 atom stereocenters. The van der Waals surface area contributed by atoms with E-state index in [1.54, 1.807) is 6.07 Å². The first-order valence-corrected chi connectivity index (χ1v) is 8.83. The van der Waals surface area contributed by atoms with Crippen LogP contribution < -0.4 is 11.1 Å². The maximum atomic E-state index is 13.1. The van der Waals surface area contributed by atoms with Crippen LogP contribution in [0.4, 0.5) is 10.1 Å². The van der Waals surface area contributed by atoms with E-state index in [0.29, 0.717) is 17.0 Å². The third-order valence-corrected chi connectivity index (χ3v) is 5.60. The molecule has 1 saturated heterocycles.